The van der Waals surface area contributed by atoms with Crippen molar-refractivity contribution in [2.24, 2.45) is 0 Å². The first-order valence-electron chi connectivity index (χ1n) is 8.86. The first kappa shape index (κ1) is 19.7. The molecule has 0 saturated carbocycles. The van der Waals surface area contributed by atoms with Crippen molar-refractivity contribution in [2.75, 3.05) is 13.2 Å². The Morgan fingerprint density at radius 1 is 1.03 bits per heavy atom. The van der Waals surface area contributed by atoms with E-state index in [1.54, 1.807) is 24.3 Å². The molecular formula is C20H14ClF2N5O2. The van der Waals surface area contributed by atoms with Gasteiger partial charge < -0.3 is 10.1 Å². The Kier molecular flexibility index (Phi) is 5.53. The smallest absolute Gasteiger partial charge is 0.252 e. The zero-order chi connectivity index (χ0) is 21.1. The number of nitrogens with zero attached hydrogens (tertiary/aromatic N) is 4. The number of aromatic nitrogens is 4. The normalized spacial score (nSPS) is 10.9. The summed E-state index contributed by atoms with van der Waals surface area (Å²) < 4.78 is 33.3. The van der Waals surface area contributed by atoms with E-state index < -0.39 is 11.7 Å². The molecule has 0 spiro atoms. The average Bonchev–Trinajstić information content (AvgIpc) is 3.15. The third-order valence-corrected chi connectivity index (χ3v) is 4.47. The molecule has 10 heteroatoms. The van der Waals surface area contributed by atoms with E-state index in [-0.39, 0.29) is 29.6 Å². The summed E-state index contributed by atoms with van der Waals surface area (Å²) in [5.74, 6) is -0.581. The monoisotopic (exact) mass is 429 g/mol. The molecule has 1 N–H and O–H groups in total. The predicted octanol–water partition coefficient (Wildman–Crippen LogP) is 3.53. The Morgan fingerprint density at radius 3 is 2.57 bits per heavy atom. The summed E-state index contributed by atoms with van der Waals surface area (Å²) in [7, 11) is 0. The number of fused-ring (bicyclic) bond motifs is 1. The minimum atomic E-state index is -0.518. The van der Waals surface area contributed by atoms with Gasteiger partial charge in [0.2, 0.25) is 5.88 Å². The SMILES string of the molecule is O=C(NCCOc1ccc2nnc(-c3ccc(F)cc3)n2n1)c1ccc(F)cc1Cl. The van der Waals surface area contributed by atoms with Crippen LogP contribution in [0.3, 0.4) is 0 Å². The molecule has 2 aromatic carbocycles. The fourth-order valence-electron chi connectivity index (χ4n) is 2.72. The van der Waals surface area contributed by atoms with E-state index in [0.29, 0.717) is 22.9 Å². The molecule has 0 aliphatic carbocycles. The number of amides is 1. The molecule has 0 atom stereocenters. The van der Waals surface area contributed by atoms with Gasteiger partial charge in [-0.25, -0.2) is 8.78 Å². The molecule has 30 heavy (non-hydrogen) atoms. The molecule has 4 aromatic rings. The minimum Gasteiger partial charge on any atom is -0.475 e. The molecule has 7 nitrogen and oxygen atoms in total. The molecular weight excluding hydrogens is 416 g/mol. The predicted molar refractivity (Wildman–Crippen MR) is 105 cm³/mol. The third kappa shape index (κ3) is 4.20. The van der Waals surface area contributed by atoms with Crippen LogP contribution in [0.15, 0.2) is 54.6 Å². The summed E-state index contributed by atoms with van der Waals surface area (Å²) in [5, 5.41) is 15.1. The molecule has 0 fully saturated rings. The van der Waals surface area contributed by atoms with Gasteiger partial charge in [0.1, 0.15) is 18.2 Å². The van der Waals surface area contributed by atoms with Crippen molar-refractivity contribution in [3.8, 4) is 17.3 Å². The maximum atomic E-state index is 13.2. The minimum absolute atomic E-state index is 0.0291. The summed E-state index contributed by atoms with van der Waals surface area (Å²) >= 11 is 5.87. The van der Waals surface area contributed by atoms with E-state index in [1.807, 2.05) is 0 Å². The van der Waals surface area contributed by atoms with Crippen LogP contribution in [0.25, 0.3) is 17.0 Å². The number of ether oxygens (including phenoxy) is 1. The van der Waals surface area contributed by atoms with Crippen LogP contribution in [0.4, 0.5) is 8.78 Å². The van der Waals surface area contributed by atoms with Crippen molar-refractivity contribution in [1.82, 2.24) is 25.1 Å². The first-order valence-corrected chi connectivity index (χ1v) is 9.23. The van der Waals surface area contributed by atoms with Crippen LogP contribution in [0.2, 0.25) is 5.02 Å². The molecule has 0 saturated heterocycles. The van der Waals surface area contributed by atoms with Crippen molar-refractivity contribution in [1.29, 1.82) is 0 Å². The van der Waals surface area contributed by atoms with Gasteiger partial charge in [0.05, 0.1) is 17.1 Å². The third-order valence-electron chi connectivity index (χ3n) is 4.15. The molecule has 0 aliphatic heterocycles. The number of benzene rings is 2. The maximum Gasteiger partial charge on any atom is 0.252 e. The van der Waals surface area contributed by atoms with Gasteiger partial charge in [0, 0.05) is 11.6 Å². The van der Waals surface area contributed by atoms with Crippen LogP contribution in [0.5, 0.6) is 5.88 Å². The molecule has 0 bridgehead atoms. The van der Waals surface area contributed by atoms with Gasteiger partial charge in [-0.15, -0.1) is 15.3 Å². The Balaban J connectivity index is 1.40. The summed E-state index contributed by atoms with van der Waals surface area (Å²) in [6.07, 6.45) is 0. The largest absolute Gasteiger partial charge is 0.475 e. The molecule has 2 heterocycles. The zero-order valence-corrected chi connectivity index (χ0v) is 16.1. The van der Waals surface area contributed by atoms with Crippen molar-refractivity contribution >= 4 is 23.2 Å². The van der Waals surface area contributed by atoms with Gasteiger partial charge in [-0.3, -0.25) is 4.79 Å². The van der Waals surface area contributed by atoms with Crippen LogP contribution >= 0.6 is 11.6 Å². The van der Waals surface area contributed by atoms with Crippen molar-refractivity contribution < 1.29 is 18.3 Å². The number of carbonyl (C=O) groups excluding carboxylic acids is 1. The van der Waals surface area contributed by atoms with E-state index in [4.69, 9.17) is 16.3 Å². The number of hydrogen-bond acceptors (Lipinski definition) is 5. The van der Waals surface area contributed by atoms with Crippen molar-refractivity contribution in [2.45, 2.75) is 0 Å². The lowest BCUT2D eigenvalue weighted by atomic mass is 10.2. The van der Waals surface area contributed by atoms with Crippen LogP contribution in [0.1, 0.15) is 10.4 Å². The quantitative estimate of drug-likeness (QED) is 0.474. The van der Waals surface area contributed by atoms with Crippen LogP contribution in [-0.2, 0) is 0 Å². The Bertz CT molecular complexity index is 1210. The zero-order valence-electron chi connectivity index (χ0n) is 15.3. The average molecular weight is 430 g/mol. The van der Waals surface area contributed by atoms with E-state index in [2.05, 4.69) is 20.6 Å². The number of halogens is 3. The Labute approximate surface area is 174 Å². The second-order valence-electron chi connectivity index (χ2n) is 6.20. The maximum absolute atomic E-state index is 13.2. The second-order valence-corrected chi connectivity index (χ2v) is 6.61. The standard InChI is InChI=1S/C20H14ClF2N5O2/c21-16-11-14(23)5-6-15(16)20(29)24-9-10-30-18-8-7-17-25-26-19(28(17)27-18)12-1-3-13(22)4-2-12/h1-8,11H,9-10H2,(H,24,29). The van der Waals surface area contributed by atoms with Crippen molar-refractivity contribution in [3.63, 3.8) is 0 Å². The lowest BCUT2D eigenvalue weighted by molar-refractivity contribution is 0.0946. The van der Waals surface area contributed by atoms with Gasteiger partial charge in [0.15, 0.2) is 11.5 Å². The van der Waals surface area contributed by atoms with E-state index in [0.717, 1.165) is 12.1 Å². The summed E-state index contributed by atoms with van der Waals surface area (Å²) in [6.45, 7) is 0.316. The van der Waals surface area contributed by atoms with E-state index >= 15 is 0 Å². The fraction of sp³-hybridized carbons (Fsp3) is 0.100. The number of carbonyl (C=O) groups is 1. The Morgan fingerprint density at radius 2 is 1.80 bits per heavy atom. The molecule has 0 unspecified atom stereocenters. The van der Waals surface area contributed by atoms with Crippen LogP contribution < -0.4 is 10.1 Å². The molecule has 2 aromatic heterocycles. The number of nitrogens with one attached hydrogen (secondary N) is 1. The van der Waals surface area contributed by atoms with Crippen molar-refractivity contribution in [3.05, 3.63) is 76.8 Å². The van der Waals surface area contributed by atoms with E-state index in [9.17, 15) is 13.6 Å². The summed E-state index contributed by atoms with van der Waals surface area (Å²) in [5.41, 5.74) is 1.32. The molecule has 0 aliphatic rings. The topological polar surface area (TPSA) is 81.4 Å². The van der Waals surface area contributed by atoms with E-state index in [1.165, 1.54) is 22.7 Å². The highest BCUT2D eigenvalue weighted by Gasteiger charge is 2.12. The fourth-order valence-corrected chi connectivity index (χ4v) is 2.97. The molecule has 0 radical (unpaired) electrons. The first-order chi connectivity index (χ1) is 14.5. The Hall–Kier alpha value is -3.59. The lowest BCUT2D eigenvalue weighted by Gasteiger charge is -2.08. The summed E-state index contributed by atoms with van der Waals surface area (Å²) in [4.78, 5) is 12.1. The highest BCUT2D eigenvalue weighted by atomic mass is 35.5. The number of rotatable bonds is 6. The van der Waals surface area contributed by atoms with Crippen LogP contribution in [0, 0.1) is 11.6 Å². The lowest BCUT2D eigenvalue weighted by Crippen LogP contribution is -2.28. The molecule has 4 rings (SSSR count). The van der Waals surface area contributed by atoms with Gasteiger partial charge >= 0.3 is 0 Å². The molecule has 152 valence electrons. The summed E-state index contributed by atoms with van der Waals surface area (Å²) in [6, 6.07) is 12.7. The second kappa shape index (κ2) is 8.42. The highest BCUT2D eigenvalue weighted by Crippen LogP contribution is 2.19. The van der Waals surface area contributed by atoms with Crippen LogP contribution in [-0.4, -0.2) is 38.9 Å². The highest BCUT2D eigenvalue weighted by molar-refractivity contribution is 6.33. The van der Waals surface area contributed by atoms with Gasteiger partial charge in [-0.05, 0) is 48.5 Å². The number of hydrogen-bond donors (Lipinski definition) is 1. The molecule has 1 amide bonds. The van der Waals surface area contributed by atoms with Gasteiger partial charge in [0.25, 0.3) is 5.91 Å². The van der Waals surface area contributed by atoms with Gasteiger partial charge in [-0.1, -0.05) is 11.6 Å². The van der Waals surface area contributed by atoms with Gasteiger partial charge in [-0.2, -0.15) is 4.52 Å².